The van der Waals surface area contributed by atoms with E-state index in [2.05, 4.69) is 4.98 Å². The Balaban J connectivity index is 1.92. The second-order valence-corrected chi connectivity index (χ2v) is 6.02. The van der Waals surface area contributed by atoms with Crippen molar-refractivity contribution in [2.45, 2.75) is 6.42 Å². The minimum Gasteiger partial charge on any atom is -0.493 e. The highest BCUT2D eigenvalue weighted by atomic mass is 32.1. The average Bonchev–Trinajstić information content (AvgIpc) is 3.09. The van der Waals surface area contributed by atoms with Gasteiger partial charge in [0.1, 0.15) is 0 Å². The zero-order chi connectivity index (χ0) is 16.9. The van der Waals surface area contributed by atoms with Crippen LogP contribution in [0.5, 0.6) is 17.2 Å². The van der Waals surface area contributed by atoms with Crippen molar-refractivity contribution in [2.24, 2.45) is 0 Å². The predicted octanol–water partition coefficient (Wildman–Crippen LogP) is 3.82. The van der Waals surface area contributed by atoms with Crippen molar-refractivity contribution in [1.82, 2.24) is 9.97 Å². The van der Waals surface area contributed by atoms with Gasteiger partial charge in [0.2, 0.25) is 5.75 Å². The smallest absolute Gasteiger partial charge is 0.203 e. The van der Waals surface area contributed by atoms with Gasteiger partial charge in [-0.3, -0.25) is 4.98 Å². The molecule has 0 fully saturated rings. The number of pyridine rings is 1. The fourth-order valence-electron chi connectivity index (χ4n) is 2.43. The third kappa shape index (κ3) is 3.33. The van der Waals surface area contributed by atoms with Crippen molar-refractivity contribution in [2.75, 3.05) is 21.3 Å². The van der Waals surface area contributed by atoms with Crippen LogP contribution in [0.1, 0.15) is 10.6 Å². The number of rotatable bonds is 6. The summed E-state index contributed by atoms with van der Waals surface area (Å²) in [7, 11) is 4.81. The maximum absolute atomic E-state index is 5.41. The predicted molar refractivity (Wildman–Crippen MR) is 94.2 cm³/mol. The molecule has 2 aromatic heterocycles. The molecule has 0 unspecified atom stereocenters. The van der Waals surface area contributed by atoms with E-state index < -0.39 is 0 Å². The standard InChI is InChI=1S/C18H18N2O3S/c1-21-15-9-13(10-16(22-2)18(15)23-3)14-11-24-17(20-14)8-12-4-6-19-7-5-12/h4-7,9-11H,8H2,1-3H3. The van der Waals surface area contributed by atoms with Crippen LogP contribution < -0.4 is 14.2 Å². The third-order valence-electron chi connectivity index (χ3n) is 3.62. The Morgan fingerprint density at radius 2 is 1.62 bits per heavy atom. The molecule has 0 aliphatic carbocycles. The normalized spacial score (nSPS) is 10.5. The molecule has 0 amide bonds. The summed E-state index contributed by atoms with van der Waals surface area (Å²) in [6, 6.07) is 7.82. The largest absolute Gasteiger partial charge is 0.493 e. The average molecular weight is 342 g/mol. The van der Waals surface area contributed by atoms with Gasteiger partial charge in [0.05, 0.1) is 32.0 Å². The molecule has 0 spiro atoms. The highest BCUT2D eigenvalue weighted by Crippen LogP contribution is 2.41. The molecule has 0 saturated heterocycles. The SMILES string of the molecule is COc1cc(-c2csc(Cc3ccncc3)n2)cc(OC)c1OC. The van der Waals surface area contributed by atoms with Crippen LogP contribution in [0, 0.1) is 0 Å². The Labute approximate surface area is 144 Å². The molecule has 0 saturated carbocycles. The number of aromatic nitrogens is 2. The van der Waals surface area contributed by atoms with E-state index in [0.717, 1.165) is 22.7 Å². The fraction of sp³-hybridized carbons (Fsp3) is 0.222. The monoisotopic (exact) mass is 342 g/mol. The number of nitrogens with zero attached hydrogens (tertiary/aromatic N) is 2. The first-order chi connectivity index (χ1) is 11.7. The molecule has 3 aromatic rings. The number of benzene rings is 1. The summed E-state index contributed by atoms with van der Waals surface area (Å²) in [6.45, 7) is 0. The summed E-state index contributed by atoms with van der Waals surface area (Å²) in [5, 5.41) is 3.09. The molecule has 2 heterocycles. The van der Waals surface area contributed by atoms with Crippen LogP contribution in [-0.2, 0) is 6.42 Å². The Kier molecular flexibility index (Phi) is 4.96. The first-order valence-electron chi connectivity index (χ1n) is 7.39. The summed E-state index contributed by atoms with van der Waals surface area (Å²) in [6.07, 6.45) is 4.38. The van der Waals surface area contributed by atoms with E-state index in [1.165, 1.54) is 5.56 Å². The van der Waals surface area contributed by atoms with Gasteiger partial charge in [0.15, 0.2) is 11.5 Å². The van der Waals surface area contributed by atoms with E-state index in [1.807, 2.05) is 29.6 Å². The van der Waals surface area contributed by atoms with Crippen molar-refractivity contribution in [3.63, 3.8) is 0 Å². The van der Waals surface area contributed by atoms with Crippen molar-refractivity contribution < 1.29 is 14.2 Å². The highest BCUT2D eigenvalue weighted by molar-refractivity contribution is 7.10. The molecular weight excluding hydrogens is 324 g/mol. The highest BCUT2D eigenvalue weighted by Gasteiger charge is 2.15. The summed E-state index contributed by atoms with van der Waals surface area (Å²) in [5.41, 5.74) is 3.01. The first-order valence-corrected chi connectivity index (χ1v) is 8.26. The van der Waals surface area contributed by atoms with Crippen molar-refractivity contribution in [3.05, 3.63) is 52.6 Å². The number of hydrogen-bond donors (Lipinski definition) is 0. The van der Waals surface area contributed by atoms with Crippen molar-refractivity contribution in [3.8, 4) is 28.5 Å². The molecule has 6 heteroatoms. The Bertz CT molecular complexity index is 793. The zero-order valence-corrected chi connectivity index (χ0v) is 14.6. The number of ether oxygens (including phenoxy) is 3. The van der Waals surface area contributed by atoms with Crippen LogP contribution in [0.25, 0.3) is 11.3 Å². The van der Waals surface area contributed by atoms with Crippen LogP contribution in [0.2, 0.25) is 0 Å². The number of hydrogen-bond acceptors (Lipinski definition) is 6. The molecule has 24 heavy (non-hydrogen) atoms. The zero-order valence-electron chi connectivity index (χ0n) is 13.8. The van der Waals surface area contributed by atoms with Gasteiger partial charge in [-0.1, -0.05) is 0 Å². The molecule has 0 radical (unpaired) electrons. The molecular formula is C18H18N2O3S. The number of methoxy groups -OCH3 is 3. The first kappa shape index (κ1) is 16.3. The van der Waals surface area contributed by atoms with Crippen LogP contribution in [0.3, 0.4) is 0 Å². The van der Waals surface area contributed by atoms with Gasteiger partial charge in [-0.15, -0.1) is 11.3 Å². The molecule has 124 valence electrons. The van der Waals surface area contributed by atoms with Crippen LogP contribution in [0.15, 0.2) is 42.0 Å². The van der Waals surface area contributed by atoms with Crippen LogP contribution >= 0.6 is 11.3 Å². The van der Waals surface area contributed by atoms with Gasteiger partial charge in [0.25, 0.3) is 0 Å². The lowest BCUT2D eigenvalue weighted by atomic mass is 10.1. The van der Waals surface area contributed by atoms with Crippen molar-refractivity contribution in [1.29, 1.82) is 0 Å². The van der Waals surface area contributed by atoms with Crippen molar-refractivity contribution >= 4 is 11.3 Å². The van der Waals surface area contributed by atoms with Crippen LogP contribution in [0.4, 0.5) is 0 Å². The summed E-state index contributed by atoms with van der Waals surface area (Å²) < 4.78 is 16.2. The molecule has 5 nitrogen and oxygen atoms in total. The van der Waals surface area contributed by atoms with E-state index >= 15 is 0 Å². The van der Waals surface area contributed by atoms with E-state index in [9.17, 15) is 0 Å². The molecule has 0 bridgehead atoms. The van der Waals surface area contributed by atoms with E-state index in [-0.39, 0.29) is 0 Å². The van der Waals surface area contributed by atoms with Gasteiger partial charge in [-0.25, -0.2) is 4.98 Å². The lowest BCUT2D eigenvalue weighted by Gasteiger charge is -2.13. The molecule has 0 aliphatic rings. The molecule has 1 aromatic carbocycles. The number of thiazole rings is 1. The third-order valence-corrected chi connectivity index (χ3v) is 4.47. The van der Waals surface area contributed by atoms with Gasteiger partial charge in [0, 0.05) is 29.8 Å². The van der Waals surface area contributed by atoms with Gasteiger partial charge in [-0.05, 0) is 29.8 Å². The Hall–Kier alpha value is -2.60. The summed E-state index contributed by atoms with van der Waals surface area (Å²) >= 11 is 1.63. The topological polar surface area (TPSA) is 53.5 Å². The quantitative estimate of drug-likeness (QED) is 0.681. The van der Waals surface area contributed by atoms with Gasteiger partial charge < -0.3 is 14.2 Å². The molecule has 3 rings (SSSR count). The summed E-state index contributed by atoms with van der Waals surface area (Å²) in [4.78, 5) is 8.77. The minimum absolute atomic E-state index is 0.580. The maximum Gasteiger partial charge on any atom is 0.203 e. The molecule has 0 atom stereocenters. The Morgan fingerprint density at radius 3 is 2.21 bits per heavy atom. The second kappa shape index (κ2) is 7.31. The van der Waals surface area contributed by atoms with Gasteiger partial charge >= 0.3 is 0 Å². The van der Waals surface area contributed by atoms with Gasteiger partial charge in [-0.2, -0.15) is 0 Å². The minimum atomic E-state index is 0.580. The van der Waals surface area contributed by atoms with E-state index in [1.54, 1.807) is 45.1 Å². The summed E-state index contributed by atoms with van der Waals surface area (Å²) in [5.74, 6) is 1.82. The van der Waals surface area contributed by atoms with E-state index in [4.69, 9.17) is 19.2 Å². The fourth-order valence-corrected chi connectivity index (χ4v) is 3.27. The maximum atomic E-state index is 5.41. The molecule has 0 aliphatic heterocycles. The second-order valence-electron chi connectivity index (χ2n) is 5.07. The van der Waals surface area contributed by atoms with E-state index in [0.29, 0.717) is 17.2 Å². The van der Waals surface area contributed by atoms with Crippen LogP contribution in [-0.4, -0.2) is 31.3 Å². The lowest BCUT2D eigenvalue weighted by Crippen LogP contribution is -1.96. The Morgan fingerprint density at radius 1 is 0.958 bits per heavy atom. The molecule has 0 N–H and O–H groups in total. The lowest BCUT2D eigenvalue weighted by molar-refractivity contribution is 0.324.